The van der Waals surface area contributed by atoms with Crippen molar-refractivity contribution in [3.05, 3.63) is 12.7 Å². The average molecular weight is 229 g/mol. The number of aliphatic carboxylic acids is 1. The van der Waals surface area contributed by atoms with Gasteiger partial charge in [0.05, 0.1) is 19.7 Å². The zero-order valence-corrected chi connectivity index (χ0v) is 9.17. The van der Waals surface area contributed by atoms with E-state index in [-0.39, 0.29) is 12.8 Å². The van der Waals surface area contributed by atoms with Crippen molar-refractivity contribution in [1.29, 1.82) is 0 Å². The van der Waals surface area contributed by atoms with Crippen molar-refractivity contribution in [3.8, 4) is 0 Å². The highest BCUT2D eigenvalue weighted by molar-refractivity contribution is 7.81. The highest BCUT2D eigenvalue weighted by Gasteiger charge is 2.04. The lowest BCUT2D eigenvalue weighted by molar-refractivity contribution is -0.297. The molecule has 4 N–H and O–H groups in total. The molecule has 14 heavy (non-hydrogen) atoms. The van der Waals surface area contributed by atoms with Crippen LogP contribution < -0.4 is 11.3 Å². The fraction of sp³-hybridized carbons (Fsp3) is 0.500. The van der Waals surface area contributed by atoms with Gasteiger partial charge in [-0.05, 0) is 13.0 Å². The van der Waals surface area contributed by atoms with Crippen LogP contribution in [0.2, 0.25) is 0 Å². The third-order valence-corrected chi connectivity index (χ3v) is 1.57. The molecular formula is C6H15NO6S. The van der Waals surface area contributed by atoms with Crippen LogP contribution in [0.15, 0.2) is 12.7 Å². The summed E-state index contributed by atoms with van der Waals surface area (Å²) in [7, 11) is -2.62. The Hall–Kier alpha value is -0.960. The van der Waals surface area contributed by atoms with E-state index in [4.69, 9.17) is 9.90 Å². The van der Waals surface area contributed by atoms with Crippen LogP contribution in [0, 0.1) is 0 Å². The van der Waals surface area contributed by atoms with Crippen LogP contribution in [0.1, 0.15) is 6.92 Å². The van der Waals surface area contributed by atoms with Crippen molar-refractivity contribution in [2.45, 2.75) is 6.92 Å². The largest absolute Gasteiger partial charge is 0.545 e. The van der Waals surface area contributed by atoms with Crippen molar-refractivity contribution in [3.63, 3.8) is 0 Å². The molecule has 0 fully saturated rings. The highest BCUT2D eigenvalue weighted by Crippen LogP contribution is 1.89. The number of carboxylic acids is 1. The van der Waals surface area contributed by atoms with Crippen LogP contribution in [0.4, 0.5) is 0 Å². The van der Waals surface area contributed by atoms with Crippen LogP contribution in [-0.2, 0) is 23.6 Å². The van der Waals surface area contributed by atoms with Gasteiger partial charge in [-0.15, -0.1) is 0 Å². The van der Waals surface area contributed by atoms with E-state index >= 15 is 0 Å². The van der Waals surface area contributed by atoms with E-state index in [0.717, 1.165) is 13.2 Å². The molecule has 0 aliphatic heterocycles. The molecule has 0 aromatic rings. The Bertz CT molecular complexity index is 247. The number of quaternary nitrogens is 1. The van der Waals surface area contributed by atoms with E-state index in [1.165, 1.54) is 0 Å². The summed E-state index contributed by atoms with van der Waals surface area (Å²) in [6, 6.07) is 0. The van der Waals surface area contributed by atoms with Gasteiger partial charge < -0.3 is 16.1 Å². The van der Waals surface area contributed by atoms with Crippen molar-refractivity contribution >= 4 is 16.4 Å². The highest BCUT2D eigenvalue weighted by atomic mass is 32.3. The zero-order chi connectivity index (χ0) is 10.9. The molecule has 0 saturated carbocycles. The molecule has 0 amide bonds. The standard InChI is InChI=1S/C3H8O4S.C3H4O2.H3N/c1-3-7-8(4,5)6-2;1-2-3(4)5;/h3H2,1-2H3;2H,1H2,(H,4,5);1H3. The third-order valence-electron chi connectivity index (χ3n) is 0.633. The molecule has 0 aliphatic rings. The molecule has 7 nitrogen and oxygen atoms in total. The number of hydrogen-bond acceptors (Lipinski definition) is 6. The molecule has 0 radical (unpaired) electrons. The average Bonchev–Trinajstić information content (AvgIpc) is 2.05. The number of carbonyl (C=O) groups is 1. The Morgan fingerprint density at radius 1 is 1.57 bits per heavy atom. The van der Waals surface area contributed by atoms with Crippen LogP contribution in [0.25, 0.3) is 0 Å². The molecule has 0 bridgehead atoms. The van der Waals surface area contributed by atoms with Gasteiger partial charge in [-0.25, -0.2) is 4.18 Å². The molecule has 86 valence electrons. The first-order chi connectivity index (χ1) is 5.89. The maximum absolute atomic E-state index is 10.2. The molecule has 0 aromatic heterocycles. The first-order valence-corrected chi connectivity index (χ1v) is 4.51. The number of hydrogen-bond donors (Lipinski definition) is 1. The van der Waals surface area contributed by atoms with Gasteiger partial charge in [-0.3, -0.25) is 4.18 Å². The summed E-state index contributed by atoms with van der Waals surface area (Å²) in [5, 5.41) is 9.14. The van der Waals surface area contributed by atoms with E-state index in [0.29, 0.717) is 0 Å². The molecule has 0 heterocycles. The van der Waals surface area contributed by atoms with Crippen LogP contribution in [0.3, 0.4) is 0 Å². The van der Waals surface area contributed by atoms with Crippen LogP contribution in [0.5, 0.6) is 0 Å². The predicted molar refractivity (Wildman–Crippen MR) is 48.7 cm³/mol. The summed E-state index contributed by atoms with van der Waals surface area (Å²) < 4.78 is 28.4. The molecule has 0 aromatic carbocycles. The topological polar surface area (TPSA) is 129 Å². The fourth-order valence-electron chi connectivity index (χ4n) is 0.192. The van der Waals surface area contributed by atoms with Crippen LogP contribution in [-0.4, -0.2) is 28.1 Å². The van der Waals surface area contributed by atoms with E-state index in [2.05, 4.69) is 14.9 Å². The van der Waals surface area contributed by atoms with Gasteiger partial charge >= 0.3 is 10.4 Å². The Morgan fingerprint density at radius 3 is 2.00 bits per heavy atom. The van der Waals surface area contributed by atoms with E-state index in [9.17, 15) is 8.42 Å². The molecule has 8 heteroatoms. The van der Waals surface area contributed by atoms with E-state index in [1.807, 2.05) is 0 Å². The first-order valence-electron chi connectivity index (χ1n) is 3.18. The maximum Gasteiger partial charge on any atom is 0.399 e. The lowest BCUT2D eigenvalue weighted by Gasteiger charge is -1.95. The zero-order valence-electron chi connectivity index (χ0n) is 8.35. The van der Waals surface area contributed by atoms with Gasteiger partial charge in [0.1, 0.15) is 0 Å². The SMILES string of the molecule is C=CC(=O)[O-].CCOS(=O)(=O)OC.[NH4+]. The van der Waals surface area contributed by atoms with Gasteiger partial charge in [0, 0.05) is 0 Å². The fourth-order valence-corrected chi connectivity index (χ4v) is 0.577. The van der Waals surface area contributed by atoms with Gasteiger partial charge in [-0.1, -0.05) is 6.58 Å². The number of carboxylic acid groups (broad SMARTS) is 1. The third kappa shape index (κ3) is 17.2. The van der Waals surface area contributed by atoms with E-state index in [1.54, 1.807) is 6.92 Å². The first kappa shape index (κ1) is 18.8. The summed E-state index contributed by atoms with van der Waals surface area (Å²) in [5.41, 5.74) is 0. The van der Waals surface area contributed by atoms with Crippen molar-refractivity contribution in [2.24, 2.45) is 0 Å². The van der Waals surface area contributed by atoms with Gasteiger partial charge in [0.25, 0.3) is 0 Å². The lowest BCUT2D eigenvalue weighted by atomic mass is 10.7. The second kappa shape index (κ2) is 10.1. The number of rotatable bonds is 4. The summed E-state index contributed by atoms with van der Waals surface area (Å²) in [4.78, 5) is 9.14. The maximum atomic E-state index is 10.2. The summed E-state index contributed by atoms with van der Waals surface area (Å²) in [6.07, 6.45) is 0.722. The minimum atomic E-state index is -3.67. The molecular weight excluding hydrogens is 214 g/mol. The Labute approximate surface area is 83.2 Å². The normalized spacial score (nSPS) is 9.00. The molecule has 0 spiro atoms. The summed E-state index contributed by atoms with van der Waals surface area (Å²) in [6.45, 7) is 4.57. The molecule has 0 atom stereocenters. The summed E-state index contributed by atoms with van der Waals surface area (Å²) in [5.74, 6) is -1.23. The molecule has 0 saturated heterocycles. The van der Waals surface area contributed by atoms with Gasteiger partial charge in [-0.2, -0.15) is 8.42 Å². The van der Waals surface area contributed by atoms with Crippen molar-refractivity contribution < 1.29 is 26.7 Å². The molecule has 0 aliphatic carbocycles. The van der Waals surface area contributed by atoms with Crippen molar-refractivity contribution in [2.75, 3.05) is 13.7 Å². The van der Waals surface area contributed by atoms with Gasteiger partial charge in [0.15, 0.2) is 0 Å². The Balaban J connectivity index is -0.000000177. The van der Waals surface area contributed by atoms with Gasteiger partial charge in [0.2, 0.25) is 0 Å². The quantitative estimate of drug-likeness (QED) is 0.629. The van der Waals surface area contributed by atoms with Crippen molar-refractivity contribution in [1.82, 2.24) is 6.15 Å². The molecule has 0 unspecified atom stereocenters. The lowest BCUT2D eigenvalue weighted by Crippen LogP contribution is -2.17. The van der Waals surface area contributed by atoms with Crippen LogP contribution >= 0.6 is 0 Å². The Kier molecular flexibility index (Phi) is 13.6. The Morgan fingerprint density at radius 2 is 1.93 bits per heavy atom. The van der Waals surface area contributed by atoms with E-state index < -0.39 is 16.4 Å². The summed E-state index contributed by atoms with van der Waals surface area (Å²) >= 11 is 0. The minimum absolute atomic E-state index is 0. The second-order valence-corrected chi connectivity index (χ2v) is 2.89. The monoisotopic (exact) mass is 229 g/mol. The predicted octanol–water partition coefficient (Wildman–Crippen LogP) is -0.787. The molecule has 0 rings (SSSR count). The number of carbonyl (C=O) groups excluding carboxylic acids is 1. The minimum Gasteiger partial charge on any atom is -0.545 e. The smallest absolute Gasteiger partial charge is 0.399 e. The second-order valence-electron chi connectivity index (χ2n) is 1.50.